The summed E-state index contributed by atoms with van der Waals surface area (Å²) < 4.78 is 10.0. The van der Waals surface area contributed by atoms with Gasteiger partial charge in [0.15, 0.2) is 5.76 Å². The van der Waals surface area contributed by atoms with Crippen molar-refractivity contribution in [1.29, 1.82) is 0 Å². The van der Waals surface area contributed by atoms with E-state index in [1.54, 1.807) is 18.2 Å². The molecule has 7 heteroatoms. The minimum Gasteiger partial charge on any atom is -0.467 e. The average Bonchev–Trinajstić information content (AvgIpc) is 3.02. The van der Waals surface area contributed by atoms with Crippen LogP contribution in [0.5, 0.6) is 0 Å². The minimum absolute atomic E-state index is 0.0138. The third-order valence-corrected chi connectivity index (χ3v) is 3.67. The van der Waals surface area contributed by atoms with Gasteiger partial charge in [-0.05, 0) is 18.1 Å². The molecule has 0 spiro atoms. The van der Waals surface area contributed by atoms with Crippen LogP contribution in [0.2, 0.25) is 0 Å². The smallest absolute Gasteiger partial charge is 0.328 e. The molecule has 23 heavy (non-hydrogen) atoms. The van der Waals surface area contributed by atoms with Gasteiger partial charge in [0.05, 0.1) is 7.11 Å². The second kappa shape index (κ2) is 7.23. The molecule has 0 radical (unpaired) electrons. The van der Waals surface area contributed by atoms with Gasteiger partial charge in [0, 0.05) is 17.3 Å². The molecular formula is C16H19N3O3S. The van der Waals surface area contributed by atoms with E-state index in [4.69, 9.17) is 27.2 Å². The Bertz CT molecular complexity index is 695. The second-order valence-corrected chi connectivity index (χ2v) is 5.82. The molecule has 3 N–H and O–H groups in total. The summed E-state index contributed by atoms with van der Waals surface area (Å²) in [5, 5.41) is 6.96. The minimum atomic E-state index is -0.544. The predicted octanol–water partition coefficient (Wildman–Crippen LogP) is 2.39. The normalized spacial score (nSPS) is 12.0. The number of thiocarbonyl (C=S) groups is 1. The topological polar surface area (TPSA) is 90.4 Å². The van der Waals surface area contributed by atoms with E-state index < -0.39 is 6.04 Å². The van der Waals surface area contributed by atoms with Crippen LogP contribution in [0.1, 0.15) is 19.6 Å². The number of anilines is 1. The van der Waals surface area contributed by atoms with Crippen LogP contribution in [0.3, 0.4) is 0 Å². The Hall–Kier alpha value is -2.41. The summed E-state index contributed by atoms with van der Waals surface area (Å²) in [6.07, 6.45) is 0. The first kappa shape index (κ1) is 17.0. The Morgan fingerprint density at radius 2 is 2.00 bits per heavy atom. The lowest BCUT2D eigenvalue weighted by Gasteiger charge is -2.20. The van der Waals surface area contributed by atoms with Gasteiger partial charge in [-0.15, -0.1) is 0 Å². The number of nitrogens with zero attached hydrogens (tertiary/aromatic N) is 1. The van der Waals surface area contributed by atoms with Gasteiger partial charge in [0.2, 0.25) is 0 Å². The van der Waals surface area contributed by atoms with Crippen LogP contribution in [-0.4, -0.2) is 29.3 Å². The lowest BCUT2D eigenvalue weighted by Crippen LogP contribution is -2.44. The molecule has 0 amide bonds. The third kappa shape index (κ3) is 4.07. The maximum absolute atomic E-state index is 11.8. The maximum Gasteiger partial charge on any atom is 0.328 e. The molecule has 0 aliphatic carbocycles. The van der Waals surface area contributed by atoms with Crippen molar-refractivity contribution in [3.8, 4) is 11.3 Å². The number of hydrogen-bond acceptors (Lipinski definition) is 6. The van der Waals surface area contributed by atoms with Crippen molar-refractivity contribution < 1.29 is 14.1 Å². The van der Waals surface area contributed by atoms with Crippen LogP contribution in [0, 0.1) is 5.92 Å². The number of nitrogens with one attached hydrogen (secondary N) is 1. The summed E-state index contributed by atoms with van der Waals surface area (Å²) >= 11 is 5.29. The number of hydrogen-bond donors (Lipinski definition) is 2. The molecule has 0 aliphatic heterocycles. The quantitative estimate of drug-likeness (QED) is 0.493. The van der Waals surface area contributed by atoms with Crippen LogP contribution < -0.4 is 11.1 Å². The van der Waals surface area contributed by atoms with Crippen LogP contribution in [-0.2, 0) is 9.53 Å². The van der Waals surface area contributed by atoms with Crippen molar-refractivity contribution in [2.75, 3.05) is 12.8 Å². The molecule has 1 unspecified atom stereocenters. The van der Waals surface area contributed by atoms with Gasteiger partial charge in [-0.2, -0.15) is 0 Å². The van der Waals surface area contributed by atoms with Crippen molar-refractivity contribution in [3.63, 3.8) is 0 Å². The van der Waals surface area contributed by atoms with Gasteiger partial charge in [0.25, 0.3) is 0 Å². The van der Waals surface area contributed by atoms with Gasteiger partial charge in [0.1, 0.15) is 16.7 Å². The zero-order valence-corrected chi connectivity index (χ0v) is 14.0. The Morgan fingerprint density at radius 3 is 2.57 bits per heavy atom. The number of methoxy groups -OCH3 is 1. The molecule has 1 aromatic carbocycles. The van der Waals surface area contributed by atoms with Crippen LogP contribution >= 0.6 is 12.2 Å². The van der Waals surface area contributed by atoms with Crippen molar-refractivity contribution in [1.82, 2.24) is 10.5 Å². The summed E-state index contributed by atoms with van der Waals surface area (Å²) in [4.78, 5) is 12.1. The second-order valence-electron chi connectivity index (χ2n) is 5.42. The lowest BCUT2D eigenvalue weighted by atomic mass is 10.0. The van der Waals surface area contributed by atoms with E-state index in [1.807, 2.05) is 26.0 Å². The lowest BCUT2D eigenvalue weighted by molar-refractivity contribution is -0.143. The summed E-state index contributed by atoms with van der Waals surface area (Å²) in [6, 6.07) is 8.43. The highest BCUT2D eigenvalue weighted by atomic mass is 32.1. The molecule has 0 bridgehead atoms. The van der Waals surface area contributed by atoms with Crippen LogP contribution in [0.15, 0.2) is 34.9 Å². The molecule has 1 aromatic heterocycles. The molecule has 0 aliphatic rings. The fourth-order valence-electron chi connectivity index (χ4n) is 2.01. The first-order valence-corrected chi connectivity index (χ1v) is 7.54. The Kier molecular flexibility index (Phi) is 5.33. The summed E-state index contributed by atoms with van der Waals surface area (Å²) in [6.45, 7) is 3.80. The highest BCUT2D eigenvalue weighted by molar-refractivity contribution is 7.80. The molecular weight excluding hydrogens is 314 g/mol. The van der Waals surface area contributed by atoms with E-state index in [-0.39, 0.29) is 11.9 Å². The Morgan fingerprint density at radius 1 is 1.35 bits per heavy atom. The number of nitrogen functional groups attached to an aromatic ring is 1. The van der Waals surface area contributed by atoms with Crippen molar-refractivity contribution >= 4 is 28.9 Å². The number of ether oxygens (including phenoxy) is 1. The van der Waals surface area contributed by atoms with E-state index in [2.05, 4.69) is 10.5 Å². The number of nitrogens with two attached hydrogens (primary N) is 1. The Labute approximate surface area is 140 Å². The molecule has 0 saturated carbocycles. The van der Waals surface area contributed by atoms with Gasteiger partial charge in [-0.3, -0.25) is 0 Å². The predicted molar refractivity (Wildman–Crippen MR) is 91.8 cm³/mol. The highest BCUT2D eigenvalue weighted by Gasteiger charge is 2.25. The van der Waals surface area contributed by atoms with Crippen LogP contribution in [0.25, 0.3) is 11.3 Å². The van der Waals surface area contributed by atoms with Crippen molar-refractivity contribution in [2.24, 2.45) is 5.92 Å². The molecule has 1 atom stereocenters. The average molecular weight is 333 g/mol. The molecule has 2 rings (SSSR count). The number of esters is 1. The Balaban J connectivity index is 2.14. The molecule has 122 valence electrons. The number of rotatable bonds is 5. The third-order valence-electron chi connectivity index (χ3n) is 3.35. The zero-order chi connectivity index (χ0) is 17.0. The van der Waals surface area contributed by atoms with Gasteiger partial charge < -0.3 is 20.3 Å². The SMILES string of the molecule is COC(=O)C(NC(=S)c1cc(-c2ccc(N)cc2)no1)C(C)C. The van der Waals surface area contributed by atoms with Crippen molar-refractivity contribution in [2.45, 2.75) is 19.9 Å². The molecule has 0 saturated heterocycles. The first-order valence-electron chi connectivity index (χ1n) is 7.13. The van der Waals surface area contributed by atoms with E-state index in [9.17, 15) is 4.79 Å². The molecule has 6 nitrogen and oxygen atoms in total. The molecule has 2 aromatic rings. The number of benzene rings is 1. The number of aromatic nitrogens is 1. The van der Waals surface area contributed by atoms with Gasteiger partial charge in [-0.25, -0.2) is 4.79 Å². The fourth-order valence-corrected chi connectivity index (χ4v) is 2.23. The van der Waals surface area contributed by atoms with E-state index in [0.717, 1.165) is 5.56 Å². The van der Waals surface area contributed by atoms with E-state index >= 15 is 0 Å². The number of carbonyl (C=O) groups excluding carboxylic acids is 1. The van der Waals surface area contributed by atoms with Gasteiger partial charge in [-0.1, -0.05) is 43.4 Å². The highest BCUT2D eigenvalue weighted by Crippen LogP contribution is 2.20. The first-order chi connectivity index (χ1) is 10.9. The summed E-state index contributed by atoms with van der Waals surface area (Å²) in [5.41, 5.74) is 7.85. The van der Waals surface area contributed by atoms with E-state index in [0.29, 0.717) is 22.1 Å². The zero-order valence-electron chi connectivity index (χ0n) is 13.2. The monoisotopic (exact) mass is 333 g/mol. The maximum atomic E-state index is 11.8. The summed E-state index contributed by atoms with van der Waals surface area (Å²) in [7, 11) is 1.34. The van der Waals surface area contributed by atoms with Crippen LogP contribution in [0.4, 0.5) is 5.69 Å². The molecule has 1 heterocycles. The molecule has 0 fully saturated rings. The van der Waals surface area contributed by atoms with Gasteiger partial charge >= 0.3 is 5.97 Å². The van der Waals surface area contributed by atoms with Crippen molar-refractivity contribution in [3.05, 3.63) is 36.1 Å². The largest absolute Gasteiger partial charge is 0.467 e. The standard InChI is InChI=1S/C16H19N3O3S/c1-9(2)14(16(20)21-3)18-15(23)13-8-12(19-22-13)10-4-6-11(17)7-5-10/h4-9,14H,17H2,1-3H3,(H,18,23). The number of carbonyl (C=O) groups is 1. The van der Waals surface area contributed by atoms with E-state index in [1.165, 1.54) is 7.11 Å². The summed E-state index contributed by atoms with van der Waals surface area (Å²) in [5.74, 6) is 0.0295. The fraction of sp³-hybridized carbons (Fsp3) is 0.312.